The SMILES string of the molecule is Cc1nc(OC2CCC2)ccc1-c1nc2c(n1Cc1ccccc1)C(=O)/[N+](=C/CCO)C(=O)N2C(C)C. The second kappa shape index (κ2) is 10.3. The van der Waals surface area contributed by atoms with Crippen LogP contribution in [0.4, 0.5) is 10.6 Å². The normalized spacial score (nSPS) is 16.9. The smallest absolute Gasteiger partial charge is 0.474 e. The molecular weight excluding hydrogens is 470 g/mol. The van der Waals surface area contributed by atoms with Crippen LogP contribution in [0.15, 0.2) is 42.5 Å². The molecule has 0 bridgehead atoms. The van der Waals surface area contributed by atoms with Gasteiger partial charge in [0.2, 0.25) is 11.6 Å². The van der Waals surface area contributed by atoms with E-state index in [1.165, 1.54) is 17.5 Å². The highest BCUT2D eigenvalue weighted by atomic mass is 16.5. The molecule has 5 rings (SSSR count). The minimum absolute atomic E-state index is 0.166. The second-order valence-corrected chi connectivity index (χ2v) is 9.75. The Kier molecular flexibility index (Phi) is 6.88. The van der Waals surface area contributed by atoms with Crippen LogP contribution in [0.25, 0.3) is 11.4 Å². The standard InChI is InChI=1S/C28H32N5O4/c1-18(2)33-26-24(27(35)31(28(33)36)15-8-16-34)32(17-20-9-5-4-6-10-20)25(30-26)22-13-14-23(29-19(22)3)37-21-11-7-12-21/h4-6,9-10,13-15,18,21,34H,7-8,11-12,16-17H2,1-3H3/q+1/b31-15-. The Balaban J connectivity index is 1.67. The van der Waals surface area contributed by atoms with E-state index in [1.807, 2.05) is 67.8 Å². The minimum atomic E-state index is -0.476. The van der Waals surface area contributed by atoms with Crippen LogP contribution in [0.2, 0.25) is 0 Å². The zero-order valence-electron chi connectivity index (χ0n) is 21.4. The van der Waals surface area contributed by atoms with Gasteiger partial charge in [-0.05, 0) is 51.7 Å². The number of amides is 3. The molecular formula is C28H32N5O4+. The van der Waals surface area contributed by atoms with Crippen molar-refractivity contribution >= 4 is 24.0 Å². The number of imide groups is 1. The maximum atomic E-state index is 13.7. The van der Waals surface area contributed by atoms with E-state index in [2.05, 4.69) is 4.98 Å². The fraction of sp³-hybridized carbons (Fsp3) is 0.393. The molecule has 1 aliphatic heterocycles. The van der Waals surface area contributed by atoms with Crippen molar-refractivity contribution in [3.05, 3.63) is 59.4 Å². The monoisotopic (exact) mass is 502 g/mol. The number of aromatic nitrogens is 3. The number of fused-ring (bicyclic) bond motifs is 1. The summed E-state index contributed by atoms with van der Waals surface area (Å²) in [7, 11) is 0. The molecule has 2 aliphatic rings. The molecule has 1 aromatic carbocycles. The zero-order chi connectivity index (χ0) is 26.1. The van der Waals surface area contributed by atoms with Crippen molar-refractivity contribution in [2.45, 2.75) is 65.1 Å². The molecule has 0 radical (unpaired) electrons. The number of urea groups is 1. The van der Waals surface area contributed by atoms with Crippen molar-refractivity contribution in [2.24, 2.45) is 0 Å². The maximum Gasteiger partial charge on any atom is 0.507 e. The van der Waals surface area contributed by atoms with Gasteiger partial charge in [-0.2, -0.15) is 14.7 Å². The molecule has 0 saturated heterocycles. The van der Waals surface area contributed by atoms with Crippen LogP contribution in [0, 0.1) is 6.92 Å². The first kappa shape index (κ1) is 24.8. The van der Waals surface area contributed by atoms with Crippen molar-refractivity contribution in [1.29, 1.82) is 0 Å². The lowest BCUT2D eigenvalue weighted by Crippen LogP contribution is -2.50. The van der Waals surface area contributed by atoms with E-state index in [-0.39, 0.29) is 25.2 Å². The summed E-state index contributed by atoms with van der Waals surface area (Å²) in [5.41, 5.74) is 2.81. The number of carbonyl (C=O) groups excluding carboxylic acids is 2. The number of rotatable bonds is 8. The number of aliphatic hydroxyl groups excluding tert-OH is 1. The quantitative estimate of drug-likeness (QED) is 0.464. The highest BCUT2D eigenvalue weighted by Gasteiger charge is 2.48. The predicted molar refractivity (Wildman–Crippen MR) is 139 cm³/mol. The third kappa shape index (κ3) is 4.67. The first-order valence-corrected chi connectivity index (χ1v) is 12.8. The fourth-order valence-corrected chi connectivity index (χ4v) is 4.67. The molecule has 0 unspecified atom stereocenters. The predicted octanol–water partition coefficient (Wildman–Crippen LogP) is 4.19. The van der Waals surface area contributed by atoms with Crippen LogP contribution < -0.4 is 9.64 Å². The highest BCUT2D eigenvalue weighted by molar-refractivity contribution is 6.09. The van der Waals surface area contributed by atoms with E-state index in [0.29, 0.717) is 29.8 Å². The number of carbonyl (C=O) groups is 2. The number of pyridine rings is 1. The Morgan fingerprint density at radius 1 is 1.14 bits per heavy atom. The van der Waals surface area contributed by atoms with Gasteiger partial charge in [0.15, 0.2) is 0 Å². The van der Waals surface area contributed by atoms with Crippen molar-refractivity contribution in [1.82, 2.24) is 14.5 Å². The summed E-state index contributed by atoms with van der Waals surface area (Å²) in [6.45, 7) is 5.89. The Hall–Kier alpha value is -3.85. The van der Waals surface area contributed by atoms with E-state index in [0.717, 1.165) is 34.2 Å². The van der Waals surface area contributed by atoms with E-state index in [4.69, 9.17) is 9.72 Å². The number of aryl methyl sites for hydroxylation is 1. The highest BCUT2D eigenvalue weighted by Crippen LogP contribution is 2.35. The van der Waals surface area contributed by atoms with E-state index in [9.17, 15) is 14.7 Å². The van der Waals surface area contributed by atoms with Gasteiger partial charge in [0.25, 0.3) is 5.82 Å². The number of anilines is 1. The molecule has 0 spiro atoms. The van der Waals surface area contributed by atoms with Gasteiger partial charge in [-0.3, -0.25) is 0 Å². The van der Waals surface area contributed by atoms with E-state index < -0.39 is 11.9 Å². The Morgan fingerprint density at radius 3 is 2.51 bits per heavy atom. The number of ether oxygens (including phenoxy) is 1. The third-order valence-corrected chi connectivity index (χ3v) is 6.79. The first-order valence-electron chi connectivity index (χ1n) is 12.8. The third-order valence-electron chi connectivity index (χ3n) is 6.79. The topological polar surface area (TPSA) is 101 Å². The lowest BCUT2D eigenvalue weighted by molar-refractivity contribution is -0.323. The van der Waals surface area contributed by atoms with Gasteiger partial charge in [-0.15, -0.1) is 4.58 Å². The lowest BCUT2D eigenvalue weighted by Gasteiger charge is -2.25. The van der Waals surface area contributed by atoms with Crippen LogP contribution in [0.3, 0.4) is 0 Å². The summed E-state index contributed by atoms with van der Waals surface area (Å²) in [6.07, 6.45) is 5.11. The molecule has 3 aromatic rings. The number of nitrogens with zero attached hydrogens (tertiary/aromatic N) is 5. The molecule has 192 valence electrons. The van der Waals surface area contributed by atoms with Crippen molar-refractivity contribution < 1.29 is 24.0 Å². The Morgan fingerprint density at radius 2 is 1.89 bits per heavy atom. The first-order chi connectivity index (χ1) is 17.9. The Labute approximate surface area is 216 Å². The number of hydrogen-bond acceptors (Lipinski definition) is 6. The summed E-state index contributed by atoms with van der Waals surface area (Å²) < 4.78 is 8.94. The van der Waals surface area contributed by atoms with Crippen LogP contribution in [0.1, 0.15) is 61.3 Å². The molecule has 9 nitrogen and oxygen atoms in total. The summed E-state index contributed by atoms with van der Waals surface area (Å²) in [4.78, 5) is 38.2. The molecule has 1 fully saturated rings. The maximum absolute atomic E-state index is 13.7. The molecule has 1 saturated carbocycles. The lowest BCUT2D eigenvalue weighted by atomic mass is 9.96. The summed E-state index contributed by atoms with van der Waals surface area (Å²) in [6, 6.07) is 12.9. The largest absolute Gasteiger partial charge is 0.507 e. The summed E-state index contributed by atoms with van der Waals surface area (Å²) in [5.74, 6) is 1.01. The van der Waals surface area contributed by atoms with Gasteiger partial charge in [-0.25, -0.2) is 9.78 Å². The summed E-state index contributed by atoms with van der Waals surface area (Å²) in [5, 5.41) is 9.34. The second-order valence-electron chi connectivity index (χ2n) is 9.75. The van der Waals surface area contributed by atoms with Crippen LogP contribution in [0.5, 0.6) is 5.88 Å². The van der Waals surface area contributed by atoms with Crippen LogP contribution in [-0.4, -0.2) is 61.1 Å². The van der Waals surface area contributed by atoms with Crippen molar-refractivity contribution in [3.63, 3.8) is 0 Å². The molecule has 0 atom stereocenters. The van der Waals surface area contributed by atoms with Crippen LogP contribution in [-0.2, 0) is 6.54 Å². The molecule has 2 aromatic heterocycles. The number of imidazole rings is 1. The fourth-order valence-electron chi connectivity index (χ4n) is 4.67. The van der Waals surface area contributed by atoms with Crippen LogP contribution >= 0.6 is 0 Å². The molecule has 37 heavy (non-hydrogen) atoms. The van der Waals surface area contributed by atoms with Gasteiger partial charge in [-0.1, -0.05) is 30.3 Å². The van der Waals surface area contributed by atoms with Crippen molar-refractivity contribution in [2.75, 3.05) is 11.5 Å². The van der Waals surface area contributed by atoms with Gasteiger partial charge >= 0.3 is 11.9 Å². The van der Waals surface area contributed by atoms with Gasteiger partial charge in [0, 0.05) is 18.1 Å². The molecule has 1 aliphatic carbocycles. The summed E-state index contributed by atoms with van der Waals surface area (Å²) >= 11 is 0. The van der Waals surface area contributed by atoms with Gasteiger partial charge in [0.05, 0.1) is 25.1 Å². The Bertz CT molecular complexity index is 1360. The van der Waals surface area contributed by atoms with Gasteiger partial charge < -0.3 is 14.4 Å². The zero-order valence-corrected chi connectivity index (χ0v) is 21.4. The van der Waals surface area contributed by atoms with E-state index in [1.54, 1.807) is 0 Å². The molecule has 9 heteroatoms. The van der Waals surface area contributed by atoms with Crippen molar-refractivity contribution in [3.8, 4) is 17.3 Å². The number of benzene rings is 1. The van der Waals surface area contributed by atoms with Gasteiger partial charge in [0.1, 0.15) is 18.0 Å². The molecule has 3 heterocycles. The minimum Gasteiger partial charge on any atom is -0.474 e. The average Bonchev–Trinajstić information content (AvgIpc) is 3.20. The average molecular weight is 503 g/mol. The molecule has 1 N–H and O–H groups in total. The molecule has 3 amide bonds. The number of aliphatic hydroxyl groups is 1. The van der Waals surface area contributed by atoms with E-state index >= 15 is 0 Å². The number of hydrogen-bond donors (Lipinski definition) is 1.